The van der Waals surface area contributed by atoms with Crippen LogP contribution in [0.2, 0.25) is 0 Å². The molecule has 1 atom stereocenters. The molecule has 1 aliphatic rings. The van der Waals surface area contributed by atoms with Gasteiger partial charge >= 0.3 is 0 Å². The van der Waals surface area contributed by atoms with Gasteiger partial charge in [-0.15, -0.1) is 0 Å². The predicted octanol–water partition coefficient (Wildman–Crippen LogP) is 3.62. The summed E-state index contributed by atoms with van der Waals surface area (Å²) in [6.45, 7) is 2.67. The van der Waals surface area contributed by atoms with Crippen LogP contribution in [0.25, 0.3) is 0 Å². The number of ether oxygens (including phenoxy) is 3. The predicted molar refractivity (Wildman–Crippen MR) is 93.6 cm³/mol. The van der Waals surface area contributed by atoms with Crippen molar-refractivity contribution in [3.63, 3.8) is 0 Å². The van der Waals surface area contributed by atoms with Gasteiger partial charge in [0.25, 0.3) is 5.91 Å². The Balaban J connectivity index is 1.61. The molecule has 25 heavy (non-hydrogen) atoms. The van der Waals surface area contributed by atoms with Crippen molar-refractivity contribution in [3.8, 4) is 17.2 Å². The van der Waals surface area contributed by atoms with Crippen LogP contribution in [0.15, 0.2) is 40.9 Å². The van der Waals surface area contributed by atoms with Crippen molar-refractivity contribution >= 4 is 21.8 Å². The lowest BCUT2D eigenvalue weighted by Gasteiger charge is -2.22. The van der Waals surface area contributed by atoms with Crippen molar-refractivity contribution in [2.45, 2.75) is 13.0 Å². The maximum Gasteiger partial charge on any atom is 0.258 e. The number of carbonyl (C=O) groups excluding carboxylic acids is 1. The normalized spacial score (nSPS) is 13.9. The van der Waals surface area contributed by atoms with Crippen molar-refractivity contribution in [2.75, 3.05) is 19.8 Å². The summed E-state index contributed by atoms with van der Waals surface area (Å²) in [4.78, 5) is 12.1. The molecule has 0 saturated heterocycles. The van der Waals surface area contributed by atoms with Crippen molar-refractivity contribution in [1.29, 1.82) is 0 Å². The summed E-state index contributed by atoms with van der Waals surface area (Å²) in [5.74, 6) is 0.921. The standard InChI is InChI=1S/C18H17BrFNO4/c1-11(14-8-16-17(9-15(14)19)24-6-5-23-16)21-18(22)10-25-13-4-2-3-12(20)7-13/h2-4,7-9,11H,5-6,10H2,1H3,(H,21,22). The lowest BCUT2D eigenvalue weighted by Crippen LogP contribution is -2.31. The van der Waals surface area contributed by atoms with Crippen LogP contribution in [-0.2, 0) is 4.79 Å². The second kappa shape index (κ2) is 7.74. The van der Waals surface area contributed by atoms with Gasteiger partial charge in [-0.05, 0) is 36.8 Å². The number of hydrogen-bond acceptors (Lipinski definition) is 4. The molecule has 0 saturated carbocycles. The second-order valence-electron chi connectivity index (χ2n) is 5.55. The van der Waals surface area contributed by atoms with Gasteiger partial charge in [-0.25, -0.2) is 4.39 Å². The van der Waals surface area contributed by atoms with Crippen LogP contribution in [-0.4, -0.2) is 25.7 Å². The van der Waals surface area contributed by atoms with Crippen molar-refractivity contribution in [2.24, 2.45) is 0 Å². The molecule has 0 spiro atoms. The van der Waals surface area contributed by atoms with Crippen LogP contribution >= 0.6 is 15.9 Å². The zero-order valence-corrected chi connectivity index (χ0v) is 15.1. The Kier molecular flexibility index (Phi) is 5.43. The molecule has 1 heterocycles. The molecule has 1 aliphatic heterocycles. The van der Waals surface area contributed by atoms with Gasteiger partial charge < -0.3 is 19.5 Å². The van der Waals surface area contributed by atoms with Crippen molar-refractivity contribution in [3.05, 3.63) is 52.3 Å². The molecule has 0 radical (unpaired) electrons. The van der Waals surface area contributed by atoms with Gasteiger partial charge in [-0.2, -0.15) is 0 Å². The second-order valence-corrected chi connectivity index (χ2v) is 6.41. The largest absolute Gasteiger partial charge is 0.486 e. The number of benzene rings is 2. The third-order valence-corrected chi connectivity index (χ3v) is 4.36. The van der Waals surface area contributed by atoms with Crippen LogP contribution in [0.5, 0.6) is 17.2 Å². The van der Waals surface area contributed by atoms with E-state index >= 15 is 0 Å². The van der Waals surface area contributed by atoms with Gasteiger partial charge in [0.1, 0.15) is 24.8 Å². The summed E-state index contributed by atoms with van der Waals surface area (Å²) in [7, 11) is 0. The zero-order chi connectivity index (χ0) is 17.8. The number of fused-ring (bicyclic) bond motifs is 1. The Bertz CT molecular complexity index is 784. The molecule has 1 amide bonds. The molecule has 0 aromatic heterocycles. The number of halogens is 2. The topological polar surface area (TPSA) is 56.8 Å². The zero-order valence-electron chi connectivity index (χ0n) is 13.6. The van der Waals surface area contributed by atoms with Gasteiger partial charge in [-0.1, -0.05) is 22.0 Å². The monoisotopic (exact) mass is 409 g/mol. The van der Waals surface area contributed by atoms with Gasteiger partial charge in [-0.3, -0.25) is 4.79 Å². The lowest BCUT2D eigenvalue weighted by atomic mass is 10.1. The van der Waals surface area contributed by atoms with E-state index in [2.05, 4.69) is 21.2 Å². The number of hydrogen-bond donors (Lipinski definition) is 1. The molecule has 2 aromatic carbocycles. The fourth-order valence-corrected chi connectivity index (χ4v) is 3.14. The highest BCUT2D eigenvalue weighted by Crippen LogP contribution is 2.37. The molecule has 7 heteroatoms. The minimum atomic E-state index is -0.411. The number of nitrogens with one attached hydrogen (secondary N) is 1. The van der Waals surface area contributed by atoms with E-state index in [0.29, 0.717) is 30.5 Å². The Hall–Kier alpha value is -2.28. The fraction of sp³-hybridized carbons (Fsp3) is 0.278. The molecule has 0 bridgehead atoms. The van der Waals surface area contributed by atoms with E-state index in [1.807, 2.05) is 19.1 Å². The molecule has 0 fully saturated rings. The third kappa shape index (κ3) is 4.42. The molecule has 0 aliphatic carbocycles. The molecule has 132 valence electrons. The number of rotatable bonds is 5. The van der Waals surface area contributed by atoms with E-state index in [0.717, 1.165) is 10.0 Å². The maximum absolute atomic E-state index is 13.1. The first-order valence-electron chi connectivity index (χ1n) is 7.79. The first-order chi connectivity index (χ1) is 12.0. The molecule has 2 aromatic rings. The molecule has 5 nitrogen and oxygen atoms in total. The van der Waals surface area contributed by atoms with Gasteiger partial charge in [0.05, 0.1) is 6.04 Å². The average Bonchev–Trinajstić information content (AvgIpc) is 2.59. The quantitative estimate of drug-likeness (QED) is 0.819. The number of carbonyl (C=O) groups is 1. The van der Waals surface area contributed by atoms with E-state index in [-0.39, 0.29) is 18.6 Å². The molecule has 1 N–H and O–H groups in total. The summed E-state index contributed by atoms with van der Waals surface area (Å²) in [6.07, 6.45) is 0. The fourth-order valence-electron chi connectivity index (χ4n) is 2.48. The highest BCUT2D eigenvalue weighted by Gasteiger charge is 2.19. The Morgan fingerprint density at radius 2 is 2.00 bits per heavy atom. The summed E-state index contributed by atoms with van der Waals surface area (Å²) in [5.41, 5.74) is 0.864. The van der Waals surface area contributed by atoms with Gasteiger partial charge in [0.15, 0.2) is 18.1 Å². The Labute approximate surface area is 153 Å². The Morgan fingerprint density at radius 3 is 2.72 bits per heavy atom. The van der Waals surface area contributed by atoms with Crippen molar-refractivity contribution in [1.82, 2.24) is 5.32 Å². The summed E-state index contributed by atoms with van der Waals surface area (Å²) in [6, 6.07) is 9.07. The van der Waals surface area contributed by atoms with Crippen molar-refractivity contribution < 1.29 is 23.4 Å². The molecular formula is C18H17BrFNO4. The minimum Gasteiger partial charge on any atom is -0.486 e. The van der Waals surface area contributed by atoms with Gasteiger partial charge in [0.2, 0.25) is 0 Å². The van der Waals surface area contributed by atoms with E-state index in [1.165, 1.54) is 18.2 Å². The van der Waals surface area contributed by atoms with Crippen LogP contribution in [0.4, 0.5) is 4.39 Å². The van der Waals surface area contributed by atoms with E-state index < -0.39 is 5.82 Å². The minimum absolute atomic E-state index is 0.198. The SMILES string of the molecule is CC(NC(=O)COc1cccc(F)c1)c1cc2c(cc1Br)OCCO2. The smallest absolute Gasteiger partial charge is 0.258 e. The first kappa shape index (κ1) is 17.5. The third-order valence-electron chi connectivity index (χ3n) is 3.67. The maximum atomic E-state index is 13.1. The van der Waals surface area contributed by atoms with E-state index in [9.17, 15) is 9.18 Å². The first-order valence-corrected chi connectivity index (χ1v) is 8.59. The van der Waals surface area contributed by atoms with Gasteiger partial charge in [0, 0.05) is 10.5 Å². The Morgan fingerprint density at radius 1 is 1.28 bits per heavy atom. The number of amides is 1. The highest BCUT2D eigenvalue weighted by molar-refractivity contribution is 9.10. The summed E-state index contributed by atoms with van der Waals surface area (Å²) < 4.78 is 30.3. The van der Waals surface area contributed by atoms with Crippen LogP contribution in [0.3, 0.4) is 0 Å². The molecular weight excluding hydrogens is 393 g/mol. The van der Waals surface area contributed by atoms with Crippen LogP contribution < -0.4 is 19.5 Å². The summed E-state index contributed by atoms with van der Waals surface area (Å²) >= 11 is 3.49. The summed E-state index contributed by atoms with van der Waals surface area (Å²) in [5, 5.41) is 2.84. The van der Waals surface area contributed by atoms with Crippen LogP contribution in [0.1, 0.15) is 18.5 Å². The molecule has 1 unspecified atom stereocenters. The van der Waals surface area contributed by atoms with Crippen LogP contribution in [0, 0.1) is 5.82 Å². The average molecular weight is 410 g/mol. The van der Waals surface area contributed by atoms with E-state index in [4.69, 9.17) is 14.2 Å². The highest BCUT2D eigenvalue weighted by atomic mass is 79.9. The lowest BCUT2D eigenvalue weighted by molar-refractivity contribution is -0.123. The van der Waals surface area contributed by atoms with E-state index in [1.54, 1.807) is 6.07 Å². The molecule has 3 rings (SSSR count).